The summed E-state index contributed by atoms with van der Waals surface area (Å²) in [7, 11) is 2.04. The Morgan fingerprint density at radius 2 is 1.76 bits per heavy atom. The predicted molar refractivity (Wildman–Crippen MR) is 97.6 cm³/mol. The van der Waals surface area contributed by atoms with Crippen molar-refractivity contribution in [1.82, 2.24) is 4.90 Å². The Hall–Kier alpha value is -2.33. The van der Waals surface area contributed by atoms with Crippen LogP contribution in [0.1, 0.15) is 38.2 Å². The Morgan fingerprint density at radius 3 is 2.40 bits per heavy atom. The molecule has 0 spiro atoms. The van der Waals surface area contributed by atoms with Crippen molar-refractivity contribution in [3.63, 3.8) is 0 Å². The molecule has 1 fully saturated rings. The van der Waals surface area contributed by atoms with Gasteiger partial charge in [-0.1, -0.05) is 30.3 Å². The van der Waals surface area contributed by atoms with Crippen LogP contribution in [0.5, 0.6) is 11.5 Å². The van der Waals surface area contributed by atoms with Crippen molar-refractivity contribution in [1.29, 1.82) is 0 Å². The molecule has 1 atom stereocenters. The van der Waals surface area contributed by atoms with Gasteiger partial charge in [0, 0.05) is 12.8 Å². The molecule has 132 valence electrons. The lowest BCUT2D eigenvalue weighted by atomic mass is 9.75. The highest BCUT2D eigenvalue weighted by atomic mass is 16.5. The van der Waals surface area contributed by atoms with Gasteiger partial charge in [-0.15, -0.1) is 0 Å². The van der Waals surface area contributed by atoms with E-state index in [1.54, 1.807) is 6.07 Å². The van der Waals surface area contributed by atoms with Gasteiger partial charge in [-0.3, -0.25) is 9.69 Å². The summed E-state index contributed by atoms with van der Waals surface area (Å²) in [6.45, 7) is 2.02. The number of nitrogens with zero attached hydrogens (tertiary/aromatic N) is 1. The zero-order valence-corrected chi connectivity index (χ0v) is 14.8. The van der Waals surface area contributed by atoms with E-state index < -0.39 is 0 Å². The number of phenols is 1. The second-order valence-corrected chi connectivity index (χ2v) is 6.76. The topological polar surface area (TPSA) is 49.8 Å². The molecule has 25 heavy (non-hydrogen) atoms. The molecule has 0 radical (unpaired) electrons. The number of phenolic OH excluding ortho intramolecular Hbond substituents is 1. The van der Waals surface area contributed by atoms with Crippen molar-refractivity contribution in [2.45, 2.75) is 44.4 Å². The van der Waals surface area contributed by atoms with Crippen molar-refractivity contribution >= 4 is 5.78 Å². The maximum atomic E-state index is 11.8. The number of para-hydroxylation sites is 1. The number of ether oxygens (including phenoxy) is 1. The summed E-state index contributed by atoms with van der Waals surface area (Å²) in [6, 6.07) is 17.1. The number of hydrogen-bond acceptors (Lipinski definition) is 4. The van der Waals surface area contributed by atoms with Crippen molar-refractivity contribution in [3.05, 3.63) is 60.2 Å². The first-order valence-corrected chi connectivity index (χ1v) is 8.77. The van der Waals surface area contributed by atoms with Crippen LogP contribution in [0, 0.1) is 0 Å². The molecule has 0 saturated heterocycles. The van der Waals surface area contributed by atoms with E-state index in [0.29, 0.717) is 18.6 Å². The summed E-state index contributed by atoms with van der Waals surface area (Å²) in [5.41, 5.74) is 0.715. The summed E-state index contributed by atoms with van der Waals surface area (Å²) >= 11 is 0. The zero-order chi connectivity index (χ0) is 17.9. The molecule has 0 heterocycles. The second-order valence-electron chi connectivity index (χ2n) is 6.76. The molecule has 1 aliphatic carbocycles. The van der Waals surface area contributed by atoms with Crippen molar-refractivity contribution in [2.75, 3.05) is 7.05 Å². The quantitative estimate of drug-likeness (QED) is 0.834. The van der Waals surface area contributed by atoms with Crippen LogP contribution in [0.2, 0.25) is 0 Å². The van der Waals surface area contributed by atoms with E-state index in [2.05, 4.69) is 4.90 Å². The van der Waals surface area contributed by atoms with Crippen molar-refractivity contribution in [3.8, 4) is 11.5 Å². The Kier molecular flexibility index (Phi) is 5.09. The molecule has 1 saturated carbocycles. The maximum Gasteiger partial charge on any atom is 0.150 e. The summed E-state index contributed by atoms with van der Waals surface area (Å²) in [5.74, 6) is 1.37. The largest absolute Gasteiger partial charge is 0.508 e. The molecule has 1 N–H and O–H groups in total. The van der Waals surface area contributed by atoms with Crippen LogP contribution in [0.3, 0.4) is 0 Å². The third-order valence-corrected chi connectivity index (χ3v) is 5.29. The lowest BCUT2D eigenvalue weighted by Gasteiger charge is -2.47. The van der Waals surface area contributed by atoms with Crippen LogP contribution in [-0.4, -0.2) is 29.1 Å². The minimum absolute atomic E-state index is 0.169. The van der Waals surface area contributed by atoms with Gasteiger partial charge < -0.3 is 9.84 Å². The predicted octanol–water partition coefficient (Wildman–Crippen LogP) is 4.09. The molecule has 4 nitrogen and oxygen atoms in total. The number of rotatable bonds is 5. The molecule has 0 amide bonds. The highest BCUT2D eigenvalue weighted by Gasteiger charge is 2.42. The zero-order valence-electron chi connectivity index (χ0n) is 14.8. The van der Waals surface area contributed by atoms with Gasteiger partial charge in [0.15, 0.2) is 0 Å². The number of carbonyl (C=O) groups is 1. The van der Waals surface area contributed by atoms with Crippen LogP contribution >= 0.6 is 0 Å². The first-order chi connectivity index (χ1) is 12.0. The SMILES string of the molecule is CC(Oc1ccccc1)N(C)C1(c2cccc(O)c2)CCC(=O)CC1. The van der Waals surface area contributed by atoms with E-state index in [1.807, 2.05) is 62.5 Å². The van der Waals surface area contributed by atoms with E-state index in [1.165, 1.54) is 0 Å². The van der Waals surface area contributed by atoms with Gasteiger partial charge in [0.05, 0.1) is 5.54 Å². The molecular weight excluding hydrogens is 314 g/mol. The number of Topliss-reactive ketones (excluding diaryl/α,β-unsaturated/α-hetero) is 1. The van der Waals surface area contributed by atoms with Crippen LogP contribution < -0.4 is 4.74 Å². The van der Waals surface area contributed by atoms with E-state index >= 15 is 0 Å². The molecule has 3 rings (SSSR count). The number of aromatic hydroxyl groups is 1. The van der Waals surface area contributed by atoms with Crippen LogP contribution in [0.25, 0.3) is 0 Å². The van der Waals surface area contributed by atoms with Gasteiger partial charge in [-0.2, -0.15) is 0 Å². The van der Waals surface area contributed by atoms with Gasteiger partial charge in [0.2, 0.25) is 0 Å². The van der Waals surface area contributed by atoms with E-state index in [9.17, 15) is 9.90 Å². The Bertz CT molecular complexity index is 719. The molecular formula is C21H25NO3. The van der Waals surface area contributed by atoms with Crippen LogP contribution in [0.15, 0.2) is 54.6 Å². The summed E-state index contributed by atoms with van der Waals surface area (Å²) in [6.07, 6.45) is 2.40. The minimum Gasteiger partial charge on any atom is -0.508 e. The summed E-state index contributed by atoms with van der Waals surface area (Å²) in [4.78, 5) is 14.0. The molecule has 0 aliphatic heterocycles. The highest BCUT2D eigenvalue weighted by molar-refractivity contribution is 5.79. The average molecular weight is 339 g/mol. The lowest BCUT2D eigenvalue weighted by Crippen LogP contribution is -2.52. The first kappa shape index (κ1) is 17.5. The highest BCUT2D eigenvalue weighted by Crippen LogP contribution is 2.42. The van der Waals surface area contributed by atoms with Gasteiger partial charge in [-0.05, 0) is 56.6 Å². The van der Waals surface area contributed by atoms with E-state index in [0.717, 1.165) is 24.2 Å². The number of hydrogen-bond donors (Lipinski definition) is 1. The third-order valence-electron chi connectivity index (χ3n) is 5.29. The van der Waals surface area contributed by atoms with Gasteiger partial charge >= 0.3 is 0 Å². The standard InChI is InChI=1S/C21H25NO3/c1-16(25-20-9-4-3-5-10-20)22(2)21(13-11-18(23)12-14-21)17-7-6-8-19(24)15-17/h3-10,15-16,24H,11-14H2,1-2H3. The molecule has 2 aromatic carbocycles. The van der Waals surface area contributed by atoms with Crippen LogP contribution in [-0.2, 0) is 10.3 Å². The fourth-order valence-electron chi connectivity index (χ4n) is 3.71. The molecule has 4 heteroatoms. The van der Waals surface area contributed by atoms with E-state index in [4.69, 9.17) is 4.74 Å². The Labute approximate surface area is 149 Å². The van der Waals surface area contributed by atoms with Crippen molar-refractivity contribution in [2.24, 2.45) is 0 Å². The second kappa shape index (κ2) is 7.28. The smallest absolute Gasteiger partial charge is 0.150 e. The molecule has 0 aromatic heterocycles. The molecule has 2 aromatic rings. The summed E-state index contributed by atoms with van der Waals surface area (Å²) in [5, 5.41) is 9.95. The van der Waals surface area contributed by atoms with Gasteiger partial charge in [0.25, 0.3) is 0 Å². The lowest BCUT2D eigenvalue weighted by molar-refractivity contribution is -0.125. The maximum absolute atomic E-state index is 11.8. The molecule has 0 bridgehead atoms. The number of carbonyl (C=O) groups excluding carboxylic acids is 1. The fourth-order valence-corrected chi connectivity index (χ4v) is 3.71. The molecule has 1 aliphatic rings. The van der Waals surface area contributed by atoms with Gasteiger partial charge in [-0.25, -0.2) is 0 Å². The first-order valence-electron chi connectivity index (χ1n) is 8.77. The number of benzene rings is 2. The minimum atomic E-state index is -0.319. The normalized spacial score (nSPS) is 18.1. The Morgan fingerprint density at radius 1 is 1.08 bits per heavy atom. The van der Waals surface area contributed by atoms with Gasteiger partial charge in [0.1, 0.15) is 23.5 Å². The third kappa shape index (κ3) is 3.69. The number of ketones is 1. The molecule has 1 unspecified atom stereocenters. The monoisotopic (exact) mass is 339 g/mol. The van der Waals surface area contributed by atoms with E-state index in [-0.39, 0.29) is 17.5 Å². The van der Waals surface area contributed by atoms with Crippen molar-refractivity contribution < 1.29 is 14.6 Å². The van der Waals surface area contributed by atoms with Crippen LogP contribution in [0.4, 0.5) is 0 Å². The Balaban J connectivity index is 1.89. The fraction of sp³-hybridized carbons (Fsp3) is 0.381. The summed E-state index contributed by atoms with van der Waals surface area (Å²) < 4.78 is 6.11. The average Bonchev–Trinajstić information content (AvgIpc) is 2.63.